The summed E-state index contributed by atoms with van der Waals surface area (Å²) in [4.78, 5) is 39.6. The SMILES string of the molecule is C.N#Cc1c(Cl)ccc([N+](=O)[O-])c1Cl.O=Cc1c(Cl)ccc([N+](=O)[O-])c1Cl.O=[N+]([O-])c1ccc(Cl)c(/C=N/O)c1Cl. The molecule has 0 spiro atoms. The van der Waals surface area contributed by atoms with Crippen LogP contribution >= 0.6 is 69.6 Å². The topological polar surface area (TPSA) is 203 Å². The van der Waals surface area contributed by atoms with E-state index in [1.54, 1.807) is 6.07 Å². The van der Waals surface area contributed by atoms with Gasteiger partial charge < -0.3 is 5.21 Å². The predicted molar refractivity (Wildman–Crippen MR) is 156 cm³/mol. The third-order valence-electron chi connectivity index (χ3n) is 4.29. The van der Waals surface area contributed by atoms with Crippen molar-refractivity contribution >= 4 is 99.2 Å². The van der Waals surface area contributed by atoms with Gasteiger partial charge in [-0.15, -0.1) is 0 Å². The number of nitriles is 1. The molecule has 19 heteroatoms. The molecule has 3 rings (SSSR count). The van der Waals surface area contributed by atoms with E-state index in [4.69, 9.17) is 80.1 Å². The van der Waals surface area contributed by atoms with Gasteiger partial charge in [-0.3, -0.25) is 35.1 Å². The zero-order chi connectivity index (χ0) is 30.7. The van der Waals surface area contributed by atoms with Gasteiger partial charge in [-0.05, 0) is 18.2 Å². The lowest BCUT2D eigenvalue weighted by molar-refractivity contribution is -0.384. The lowest BCUT2D eigenvalue weighted by Crippen LogP contribution is -1.93. The van der Waals surface area contributed by atoms with Crippen LogP contribution < -0.4 is 0 Å². The molecule has 0 saturated heterocycles. The number of rotatable bonds is 5. The molecule has 13 nitrogen and oxygen atoms in total. The molecule has 0 radical (unpaired) electrons. The van der Waals surface area contributed by atoms with Gasteiger partial charge in [-0.25, -0.2) is 0 Å². The van der Waals surface area contributed by atoms with Crippen molar-refractivity contribution in [1.29, 1.82) is 5.26 Å². The van der Waals surface area contributed by atoms with Gasteiger partial charge in [0.25, 0.3) is 17.1 Å². The summed E-state index contributed by atoms with van der Waals surface area (Å²) < 4.78 is 0. The van der Waals surface area contributed by atoms with Crippen molar-refractivity contribution < 1.29 is 24.8 Å². The molecule has 0 bridgehead atoms. The van der Waals surface area contributed by atoms with Crippen molar-refractivity contribution in [3.8, 4) is 6.07 Å². The van der Waals surface area contributed by atoms with Gasteiger partial charge in [0, 0.05) is 23.8 Å². The highest BCUT2D eigenvalue weighted by Crippen LogP contribution is 2.33. The number of aldehydes is 1. The highest BCUT2D eigenvalue weighted by molar-refractivity contribution is 6.40. The first-order valence-electron chi connectivity index (χ1n) is 9.63. The Morgan fingerprint density at radius 1 is 0.707 bits per heavy atom. The van der Waals surface area contributed by atoms with E-state index < -0.39 is 14.8 Å². The molecule has 0 aliphatic heterocycles. The van der Waals surface area contributed by atoms with E-state index in [1.165, 1.54) is 24.3 Å². The van der Waals surface area contributed by atoms with E-state index in [-0.39, 0.29) is 71.3 Å². The maximum atomic E-state index is 10.5. The van der Waals surface area contributed by atoms with Crippen molar-refractivity contribution in [3.05, 3.63) is 114 Å². The van der Waals surface area contributed by atoms with Crippen molar-refractivity contribution in [3.63, 3.8) is 0 Å². The summed E-state index contributed by atoms with van der Waals surface area (Å²) >= 11 is 33.6. The Kier molecular flexibility index (Phi) is 15.6. The Balaban J connectivity index is 0.000000579. The van der Waals surface area contributed by atoms with Crippen LogP contribution in [0, 0.1) is 41.7 Å². The summed E-state index contributed by atoms with van der Waals surface area (Å²) in [5, 5.41) is 50.5. The molecule has 3 aromatic rings. The molecule has 0 aliphatic rings. The number of halogens is 6. The summed E-state index contributed by atoms with van der Waals surface area (Å²) in [6, 6.07) is 9.01. The molecule has 216 valence electrons. The first-order chi connectivity index (χ1) is 18.7. The molecule has 0 aromatic heterocycles. The molecule has 0 saturated carbocycles. The summed E-state index contributed by atoms with van der Waals surface area (Å²) in [5.74, 6) is 0. The molecule has 1 N–H and O–H groups in total. The third-order valence-corrected chi connectivity index (χ3v) is 6.44. The molecule has 41 heavy (non-hydrogen) atoms. The van der Waals surface area contributed by atoms with Crippen LogP contribution in [0.3, 0.4) is 0 Å². The molecule has 3 aromatic carbocycles. The Labute approximate surface area is 260 Å². The number of oxime groups is 1. The van der Waals surface area contributed by atoms with Crippen LogP contribution in [0.2, 0.25) is 30.1 Å². The van der Waals surface area contributed by atoms with Crippen LogP contribution in [-0.2, 0) is 0 Å². The van der Waals surface area contributed by atoms with Crippen LogP contribution in [0.4, 0.5) is 17.1 Å². The smallest absolute Gasteiger partial charge is 0.289 e. The van der Waals surface area contributed by atoms with Crippen molar-refractivity contribution in [1.82, 2.24) is 0 Å². The highest BCUT2D eigenvalue weighted by Gasteiger charge is 2.19. The minimum Gasteiger partial charge on any atom is -0.411 e. The summed E-state index contributed by atoms with van der Waals surface area (Å²) in [6.45, 7) is 0. The number of nitro groups is 3. The predicted octanol–water partition coefficient (Wildman–Crippen LogP) is 8.83. The number of hydrogen-bond acceptors (Lipinski definition) is 10. The number of carbonyl (C=O) groups is 1. The fourth-order valence-electron chi connectivity index (χ4n) is 2.47. The van der Waals surface area contributed by atoms with Gasteiger partial charge in [0.1, 0.15) is 21.1 Å². The van der Waals surface area contributed by atoms with Crippen LogP contribution in [0.15, 0.2) is 41.6 Å². The van der Waals surface area contributed by atoms with Crippen LogP contribution in [0.25, 0.3) is 0 Å². The van der Waals surface area contributed by atoms with Crippen LogP contribution in [0.5, 0.6) is 0 Å². The molecular formula is C22H13Cl6N5O8. The highest BCUT2D eigenvalue weighted by atomic mass is 35.5. The fraction of sp³-hybridized carbons (Fsp3) is 0.0455. The van der Waals surface area contributed by atoms with Crippen molar-refractivity contribution in [2.75, 3.05) is 0 Å². The van der Waals surface area contributed by atoms with Gasteiger partial charge in [0.2, 0.25) is 0 Å². The molecule has 0 heterocycles. The van der Waals surface area contributed by atoms with Crippen LogP contribution in [0.1, 0.15) is 28.9 Å². The van der Waals surface area contributed by atoms with E-state index in [9.17, 15) is 35.1 Å². The first kappa shape index (κ1) is 37.2. The van der Waals surface area contributed by atoms with Gasteiger partial charge in [0.05, 0.1) is 47.2 Å². The summed E-state index contributed by atoms with van der Waals surface area (Å²) in [7, 11) is 0. The van der Waals surface area contributed by atoms with Gasteiger partial charge in [-0.1, -0.05) is 82.2 Å². The zero-order valence-electron chi connectivity index (χ0n) is 18.9. The van der Waals surface area contributed by atoms with Crippen molar-refractivity contribution in [2.45, 2.75) is 7.43 Å². The largest absolute Gasteiger partial charge is 0.411 e. The van der Waals surface area contributed by atoms with E-state index >= 15 is 0 Å². The van der Waals surface area contributed by atoms with E-state index in [0.717, 1.165) is 18.3 Å². The average Bonchev–Trinajstić information content (AvgIpc) is 2.87. The standard InChI is InChI=1S/C7H4Cl2N2O3.C7H2Cl2N2O2.C7H3Cl2NO3.CH4/c8-5-1-2-6(11(13)14)7(9)4(5)3-10-12;8-5-1-2-6(11(12)13)7(9)4(5)3-10;8-5-1-2-6(10(12)13)7(9)4(5)3-11;/h1-3,12H;1-2H;1-3H;1H4/b10-3+;;;. The van der Waals surface area contributed by atoms with E-state index in [0.29, 0.717) is 6.29 Å². The normalized spacial score (nSPS) is 9.68. The number of hydrogen-bond donors (Lipinski definition) is 1. The minimum atomic E-state index is -0.675. The molecule has 0 atom stereocenters. The Hall–Kier alpha value is -3.77. The van der Waals surface area contributed by atoms with E-state index in [1.807, 2.05) is 0 Å². The lowest BCUT2D eigenvalue weighted by Gasteiger charge is -2.00. The third kappa shape index (κ3) is 9.68. The van der Waals surface area contributed by atoms with Crippen LogP contribution in [-0.4, -0.2) is 32.5 Å². The minimum absolute atomic E-state index is 0. The first-order valence-corrected chi connectivity index (χ1v) is 11.9. The second kappa shape index (κ2) is 17.1. The molecular weight excluding hydrogens is 675 g/mol. The quantitative estimate of drug-likeness (QED) is 0.0893. The number of nitrogens with zero attached hydrogens (tertiary/aromatic N) is 5. The van der Waals surface area contributed by atoms with Gasteiger partial charge in [0.15, 0.2) is 6.29 Å². The second-order valence-corrected chi connectivity index (χ2v) is 8.94. The number of nitro benzene ring substituents is 3. The Morgan fingerprint density at radius 3 is 1.44 bits per heavy atom. The van der Waals surface area contributed by atoms with Crippen molar-refractivity contribution in [2.24, 2.45) is 5.16 Å². The maximum Gasteiger partial charge on any atom is 0.289 e. The fourth-order valence-corrected chi connectivity index (χ4v) is 4.06. The Bertz CT molecular complexity index is 1560. The van der Waals surface area contributed by atoms with Gasteiger partial charge in [-0.2, -0.15) is 5.26 Å². The number of carbonyl (C=O) groups excluding carboxylic acids is 1. The molecule has 0 fully saturated rings. The Morgan fingerprint density at radius 2 is 1.07 bits per heavy atom. The summed E-state index contributed by atoms with van der Waals surface area (Å²) in [6.07, 6.45) is 1.33. The maximum absolute atomic E-state index is 10.5. The average molecular weight is 688 g/mol. The molecule has 0 unspecified atom stereocenters. The zero-order valence-corrected chi connectivity index (χ0v) is 23.5. The van der Waals surface area contributed by atoms with Gasteiger partial charge >= 0.3 is 0 Å². The monoisotopic (exact) mass is 685 g/mol. The summed E-state index contributed by atoms with van der Waals surface area (Å²) in [5.41, 5.74) is -0.943. The van der Waals surface area contributed by atoms with E-state index in [2.05, 4.69) is 5.16 Å². The lowest BCUT2D eigenvalue weighted by atomic mass is 10.2. The molecule has 0 amide bonds. The molecule has 0 aliphatic carbocycles. The second-order valence-electron chi connectivity index (χ2n) is 6.59. The number of benzene rings is 3.